The Hall–Kier alpha value is -4.15. The van der Waals surface area contributed by atoms with Crippen molar-refractivity contribution in [2.45, 2.75) is 32.0 Å². The molecule has 0 aliphatic carbocycles. The minimum atomic E-state index is -1.20. The molecule has 0 spiro atoms. The van der Waals surface area contributed by atoms with Crippen LogP contribution in [0.3, 0.4) is 0 Å². The highest BCUT2D eigenvalue weighted by atomic mass is 19.1. The van der Waals surface area contributed by atoms with Crippen molar-refractivity contribution in [3.8, 4) is 5.75 Å². The third kappa shape index (κ3) is 5.13. The van der Waals surface area contributed by atoms with Gasteiger partial charge >= 0.3 is 0 Å². The first kappa shape index (κ1) is 26.5. The first-order chi connectivity index (χ1) is 18.8. The summed E-state index contributed by atoms with van der Waals surface area (Å²) in [5, 5.41) is 2.29. The van der Waals surface area contributed by atoms with Crippen LogP contribution in [-0.2, 0) is 13.2 Å². The summed E-state index contributed by atoms with van der Waals surface area (Å²) < 4.78 is 62.8. The number of halogens is 4. The highest BCUT2D eigenvalue weighted by molar-refractivity contribution is 5.99. The first-order valence-corrected chi connectivity index (χ1v) is 12.5. The van der Waals surface area contributed by atoms with Gasteiger partial charge in [0.1, 0.15) is 29.6 Å². The van der Waals surface area contributed by atoms with E-state index in [1.807, 2.05) is 0 Å². The van der Waals surface area contributed by atoms with Gasteiger partial charge in [0.05, 0.1) is 12.7 Å². The van der Waals surface area contributed by atoms with Gasteiger partial charge in [0.25, 0.3) is 11.8 Å². The lowest BCUT2D eigenvalue weighted by Gasteiger charge is -2.37. The van der Waals surface area contributed by atoms with E-state index in [2.05, 4.69) is 5.32 Å². The molecule has 7 nitrogen and oxygen atoms in total. The van der Waals surface area contributed by atoms with Gasteiger partial charge in [-0.3, -0.25) is 18.8 Å². The maximum atomic E-state index is 14.1. The minimum Gasteiger partial charge on any atom is -0.483 e. The second-order valence-corrected chi connectivity index (χ2v) is 9.64. The normalized spacial score (nSPS) is 18.4. The molecule has 3 aromatic rings. The molecule has 3 heterocycles. The standard InChI is InChI=1S/C28H25F4N3O4/c29-11-17-7-4-8-34-14-23(17)35-13-20(27(37)33-12-19-21(31)9-18(30)10-22(19)32)25(36)26(24(35)28(34)38)39-15-16-5-2-1-3-6-16/h1-3,5-6,9-10,13,17,23H,4,7-8,11-12,14-15H2,(H,33,37)/t17-,23?/m1/s1. The highest BCUT2D eigenvalue weighted by Gasteiger charge is 2.40. The third-order valence-electron chi connectivity index (χ3n) is 7.19. The number of hydrogen-bond donors (Lipinski definition) is 1. The van der Waals surface area contributed by atoms with Crippen molar-refractivity contribution in [2.24, 2.45) is 5.92 Å². The molecule has 39 heavy (non-hydrogen) atoms. The van der Waals surface area contributed by atoms with E-state index < -0.39 is 71.0 Å². The monoisotopic (exact) mass is 543 g/mol. The van der Waals surface area contributed by atoms with E-state index in [9.17, 15) is 31.9 Å². The molecule has 2 atom stereocenters. The van der Waals surface area contributed by atoms with Crippen molar-refractivity contribution >= 4 is 11.8 Å². The number of aromatic nitrogens is 1. The number of rotatable bonds is 7. The van der Waals surface area contributed by atoms with Crippen LogP contribution >= 0.6 is 0 Å². The van der Waals surface area contributed by atoms with Crippen molar-refractivity contribution in [3.05, 3.63) is 98.7 Å². The number of fused-ring (bicyclic) bond motifs is 4. The molecule has 1 aromatic heterocycles. The zero-order valence-electron chi connectivity index (χ0n) is 20.8. The lowest BCUT2D eigenvalue weighted by atomic mass is 9.94. The summed E-state index contributed by atoms with van der Waals surface area (Å²) in [6, 6.07) is 9.28. The number of benzene rings is 2. The molecule has 2 aromatic carbocycles. The average molecular weight is 544 g/mol. The Kier molecular flexibility index (Phi) is 7.40. The summed E-state index contributed by atoms with van der Waals surface area (Å²) in [5.41, 5.74) is -1.28. The predicted octanol–water partition coefficient (Wildman–Crippen LogP) is 4.15. The van der Waals surface area contributed by atoms with Gasteiger partial charge in [-0.25, -0.2) is 13.2 Å². The van der Waals surface area contributed by atoms with Crippen LogP contribution in [0.5, 0.6) is 5.75 Å². The number of nitrogens with zero attached hydrogens (tertiary/aromatic N) is 2. The SMILES string of the molecule is O=C(NCc1c(F)cc(F)cc1F)c1cn2c(c(OCc3ccccc3)c1=O)C(=O)N1CCC[C@H](CF)C2C1. The average Bonchev–Trinajstić information content (AvgIpc) is 3.11. The van der Waals surface area contributed by atoms with Crippen LogP contribution in [0.25, 0.3) is 0 Å². The van der Waals surface area contributed by atoms with Crippen LogP contribution in [0.2, 0.25) is 0 Å². The fraction of sp³-hybridized carbons (Fsp3) is 0.321. The van der Waals surface area contributed by atoms with E-state index in [-0.39, 0.29) is 24.6 Å². The van der Waals surface area contributed by atoms with Gasteiger partial charge in [-0.2, -0.15) is 0 Å². The van der Waals surface area contributed by atoms with Gasteiger partial charge in [0.15, 0.2) is 11.4 Å². The maximum Gasteiger partial charge on any atom is 0.274 e. The van der Waals surface area contributed by atoms with Gasteiger partial charge in [-0.1, -0.05) is 30.3 Å². The van der Waals surface area contributed by atoms with Gasteiger partial charge in [-0.15, -0.1) is 0 Å². The number of carbonyl (C=O) groups excluding carboxylic acids is 2. The Morgan fingerprint density at radius 1 is 1.08 bits per heavy atom. The molecule has 1 unspecified atom stereocenters. The van der Waals surface area contributed by atoms with Crippen LogP contribution in [0.4, 0.5) is 17.6 Å². The zero-order valence-corrected chi connectivity index (χ0v) is 20.8. The molecule has 2 amide bonds. The summed E-state index contributed by atoms with van der Waals surface area (Å²) >= 11 is 0. The fourth-order valence-electron chi connectivity index (χ4n) is 5.14. The molecule has 2 bridgehead atoms. The molecule has 1 N–H and O–H groups in total. The molecule has 204 valence electrons. The summed E-state index contributed by atoms with van der Waals surface area (Å²) in [5.74, 6) is -5.78. The molecule has 0 radical (unpaired) electrons. The Morgan fingerprint density at radius 3 is 2.49 bits per heavy atom. The molecule has 11 heteroatoms. The second-order valence-electron chi connectivity index (χ2n) is 9.64. The fourth-order valence-corrected chi connectivity index (χ4v) is 5.14. The highest BCUT2D eigenvalue weighted by Crippen LogP contribution is 2.36. The van der Waals surface area contributed by atoms with E-state index in [0.29, 0.717) is 37.1 Å². The second kappa shape index (κ2) is 10.9. The summed E-state index contributed by atoms with van der Waals surface area (Å²) in [4.78, 5) is 41.7. The number of alkyl halides is 1. The van der Waals surface area contributed by atoms with Gasteiger partial charge in [0.2, 0.25) is 5.43 Å². The Bertz CT molecular complexity index is 1450. The molecular weight excluding hydrogens is 518 g/mol. The molecule has 2 aliphatic heterocycles. The lowest BCUT2D eigenvalue weighted by Crippen LogP contribution is -2.46. The van der Waals surface area contributed by atoms with Crippen molar-refractivity contribution in [2.75, 3.05) is 19.8 Å². The first-order valence-electron chi connectivity index (χ1n) is 12.5. The number of hydrogen-bond acceptors (Lipinski definition) is 4. The number of carbonyl (C=O) groups is 2. The van der Waals surface area contributed by atoms with Crippen LogP contribution in [-0.4, -0.2) is 41.0 Å². The molecule has 1 fully saturated rings. The molecule has 5 rings (SSSR count). The van der Waals surface area contributed by atoms with Crippen LogP contribution < -0.4 is 15.5 Å². The Balaban J connectivity index is 1.56. The van der Waals surface area contributed by atoms with Gasteiger partial charge < -0.3 is 19.5 Å². The zero-order chi connectivity index (χ0) is 27.7. The van der Waals surface area contributed by atoms with Crippen molar-refractivity contribution < 1.29 is 31.9 Å². The van der Waals surface area contributed by atoms with Crippen molar-refractivity contribution in [3.63, 3.8) is 0 Å². The topological polar surface area (TPSA) is 80.6 Å². The lowest BCUT2D eigenvalue weighted by molar-refractivity contribution is 0.0647. The summed E-state index contributed by atoms with van der Waals surface area (Å²) in [6.45, 7) is -0.807. The summed E-state index contributed by atoms with van der Waals surface area (Å²) in [6.07, 6.45) is 2.27. The third-order valence-corrected chi connectivity index (χ3v) is 7.19. The van der Waals surface area contributed by atoms with Crippen LogP contribution in [0.15, 0.2) is 53.5 Å². The molecule has 1 saturated heterocycles. The molecular formula is C28H25F4N3O4. The number of nitrogens with one attached hydrogen (secondary N) is 1. The van der Waals surface area contributed by atoms with E-state index in [0.717, 1.165) is 0 Å². The van der Waals surface area contributed by atoms with E-state index in [1.54, 1.807) is 35.2 Å². The van der Waals surface area contributed by atoms with Crippen LogP contribution in [0, 0.1) is 23.4 Å². The summed E-state index contributed by atoms with van der Waals surface area (Å²) in [7, 11) is 0. The minimum absolute atomic E-state index is 0.0697. The van der Waals surface area contributed by atoms with E-state index in [1.165, 1.54) is 10.8 Å². The number of ether oxygens (including phenoxy) is 1. The van der Waals surface area contributed by atoms with E-state index >= 15 is 0 Å². The largest absolute Gasteiger partial charge is 0.483 e. The smallest absolute Gasteiger partial charge is 0.274 e. The van der Waals surface area contributed by atoms with E-state index in [4.69, 9.17) is 4.74 Å². The van der Waals surface area contributed by atoms with Crippen molar-refractivity contribution in [1.82, 2.24) is 14.8 Å². The van der Waals surface area contributed by atoms with Gasteiger partial charge in [-0.05, 0) is 18.4 Å². The Morgan fingerprint density at radius 2 is 1.79 bits per heavy atom. The molecule has 0 saturated carbocycles. The number of pyridine rings is 1. The maximum absolute atomic E-state index is 14.1. The van der Waals surface area contributed by atoms with Crippen molar-refractivity contribution in [1.29, 1.82) is 0 Å². The Labute approximate surface area is 221 Å². The van der Waals surface area contributed by atoms with Crippen LogP contribution in [0.1, 0.15) is 50.9 Å². The predicted molar refractivity (Wildman–Crippen MR) is 133 cm³/mol. The van der Waals surface area contributed by atoms with Gasteiger partial charge in [0, 0.05) is 49.4 Å². The quantitative estimate of drug-likeness (QED) is 0.454. The number of amides is 2. The molecule has 2 aliphatic rings.